The van der Waals surface area contributed by atoms with Crippen molar-refractivity contribution >= 4 is 73.2 Å². The standard InChI is InChI=1S/C17H12BrCl3N4O2/c18-9-1-2-14-11(5-9)17(27)25(8-22-14)4-3-15(26)23-24-16-12(20)6-10(19)7-13(16)21/h1-2,5-8,24H,3-4H2,(H,23,26). The molecule has 3 rings (SSSR count). The number of hydrogen-bond acceptors (Lipinski definition) is 4. The zero-order valence-electron chi connectivity index (χ0n) is 13.6. The molecule has 0 saturated carbocycles. The van der Waals surface area contributed by atoms with E-state index >= 15 is 0 Å². The lowest BCUT2D eigenvalue weighted by Crippen LogP contribution is -2.31. The third kappa shape index (κ3) is 4.73. The molecule has 140 valence electrons. The highest BCUT2D eigenvalue weighted by molar-refractivity contribution is 9.10. The zero-order chi connectivity index (χ0) is 19.6. The number of anilines is 1. The summed E-state index contributed by atoms with van der Waals surface area (Å²) in [4.78, 5) is 28.8. The fraction of sp³-hybridized carbons (Fsp3) is 0.118. The van der Waals surface area contributed by atoms with E-state index in [0.717, 1.165) is 4.47 Å². The number of fused-ring (bicyclic) bond motifs is 1. The number of carbonyl (C=O) groups is 1. The molecule has 0 spiro atoms. The van der Waals surface area contributed by atoms with Crippen LogP contribution in [-0.2, 0) is 11.3 Å². The maximum atomic E-state index is 12.5. The number of nitrogens with one attached hydrogen (secondary N) is 2. The van der Waals surface area contributed by atoms with E-state index in [1.807, 2.05) is 6.07 Å². The number of rotatable bonds is 5. The van der Waals surface area contributed by atoms with E-state index in [1.165, 1.54) is 23.0 Å². The molecule has 27 heavy (non-hydrogen) atoms. The molecule has 0 unspecified atom stereocenters. The van der Waals surface area contributed by atoms with Gasteiger partial charge in [-0.15, -0.1) is 0 Å². The van der Waals surface area contributed by atoms with Crippen LogP contribution in [0.3, 0.4) is 0 Å². The molecule has 6 nitrogen and oxygen atoms in total. The second-order valence-corrected chi connectivity index (χ2v) is 7.74. The van der Waals surface area contributed by atoms with Crippen molar-refractivity contribution in [3.63, 3.8) is 0 Å². The Hall–Kier alpha value is -1.80. The second-order valence-electron chi connectivity index (χ2n) is 5.57. The average Bonchev–Trinajstić information content (AvgIpc) is 2.60. The van der Waals surface area contributed by atoms with Crippen LogP contribution in [0.4, 0.5) is 5.69 Å². The first-order valence-corrected chi connectivity index (χ1v) is 9.62. The quantitative estimate of drug-likeness (QED) is 0.511. The number of nitrogens with zero attached hydrogens (tertiary/aromatic N) is 2. The second kappa shape index (κ2) is 8.48. The van der Waals surface area contributed by atoms with Crippen LogP contribution in [0.2, 0.25) is 15.1 Å². The van der Waals surface area contributed by atoms with E-state index in [0.29, 0.717) is 21.6 Å². The first-order valence-electron chi connectivity index (χ1n) is 7.69. The van der Waals surface area contributed by atoms with Crippen LogP contribution in [0.25, 0.3) is 10.9 Å². The van der Waals surface area contributed by atoms with E-state index in [1.54, 1.807) is 12.1 Å². The van der Waals surface area contributed by atoms with Crippen molar-refractivity contribution in [3.05, 3.63) is 66.6 Å². The molecule has 0 radical (unpaired) electrons. The van der Waals surface area contributed by atoms with E-state index < -0.39 is 0 Å². The Morgan fingerprint density at radius 2 is 1.85 bits per heavy atom. The van der Waals surface area contributed by atoms with Crippen LogP contribution in [0, 0.1) is 0 Å². The minimum atomic E-state index is -0.349. The Morgan fingerprint density at radius 3 is 2.56 bits per heavy atom. The van der Waals surface area contributed by atoms with E-state index in [2.05, 4.69) is 31.8 Å². The van der Waals surface area contributed by atoms with Gasteiger partial charge in [0.25, 0.3) is 5.56 Å². The molecule has 1 heterocycles. The molecular formula is C17H12BrCl3N4O2. The van der Waals surface area contributed by atoms with Gasteiger partial charge in [-0.3, -0.25) is 25.0 Å². The lowest BCUT2D eigenvalue weighted by atomic mass is 10.2. The van der Waals surface area contributed by atoms with Crippen molar-refractivity contribution in [2.24, 2.45) is 0 Å². The number of amides is 1. The zero-order valence-corrected chi connectivity index (χ0v) is 17.5. The van der Waals surface area contributed by atoms with Crippen molar-refractivity contribution in [2.75, 3.05) is 5.43 Å². The van der Waals surface area contributed by atoms with Crippen LogP contribution in [-0.4, -0.2) is 15.5 Å². The van der Waals surface area contributed by atoms with E-state index in [4.69, 9.17) is 34.8 Å². The smallest absolute Gasteiger partial charge is 0.261 e. The molecule has 10 heteroatoms. The Kier molecular flexibility index (Phi) is 6.26. The van der Waals surface area contributed by atoms with Gasteiger partial charge in [0.2, 0.25) is 5.91 Å². The highest BCUT2D eigenvalue weighted by Crippen LogP contribution is 2.33. The maximum absolute atomic E-state index is 12.5. The number of halogens is 4. The maximum Gasteiger partial charge on any atom is 0.261 e. The van der Waals surface area contributed by atoms with Gasteiger partial charge >= 0.3 is 0 Å². The minimum Gasteiger partial charge on any atom is -0.298 e. The van der Waals surface area contributed by atoms with Crippen molar-refractivity contribution < 1.29 is 4.79 Å². The minimum absolute atomic E-state index is 0.0525. The number of hydrogen-bond donors (Lipinski definition) is 2. The fourth-order valence-corrected chi connectivity index (χ4v) is 3.64. The third-order valence-corrected chi connectivity index (χ3v) is 5.01. The highest BCUT2D eigenvalue weighted by Gasteiger charge is 2.10. The molecule has 2 aromatic carbocycles. The SMILES string of the molecule is O=C(CCn1cnc2ccc(Br)cc2c1=O)NNc1c(Cl)cc(Cl)cc1Cl. The summed E-state index contributed by atoms with van der Waals surface area (Å²) in [6.07, 6.45) is 1.48. The first-order chi connectivity index (χ1) is 12.8. The largest absolute Gasteiger partial charge is 0.298 e. The van der Waals surface area contributed by atoms with Crippen LogP contribution in [0.1, 0.15) is 6.42 Å². The Morgan fingerprint density at radius 1 is 1.15 bits per heavy atom. The molecule has 0 fully saturated rings. The Labute approximate surface area is 177 Å². The van der Waals surface area contributed by atoms with Crippen LogP contribution in [0.5, 0.6) is 0 Å². The lowest BCUT2D eigenvalue weighted by molar-refractivity contribution is -0.120. The predicted octanol–water partition coefficient (Wildman–Crippen LogP) is 4.65. The van der Waals surface area contributed by atoms with Crippen molar-refractivity contribution in [1.29, 1.82) is 0 Å². The predicted molar refractivity (Wildman–Crippen MR) is 112 cm³/mol. The Bertz CT molecular complexity index is 1060. The number of aromatic nitrogens is 2. The summed E-state index contributed by atoms with van der Waals surface area (Å²) < 4.78 is 2.17. The topological polar surface area (TPSA) is 76.0 Å². The Balaban J connectivity index is 1.65. The summed E-state index contributed by atoms with van der Waals surface area (Å²) in [5, 5.41) is 1.41. The van der Waals surface area contributed by atoms with Crippen LogP contribution in [0.15, 0.2) is 45.9 Å². The monoisotopic (exact) mass is 488 g/mol. The molecule has 3 aromatic rings. The molecule has 2 N–H and O–H groups in total. The van der Waals surface area contributed by atoms with Gasteiger partial charge in [-0.05, 0) is 30.3 Å². The van der Waals surface area contributed by atoms with Crippen LogP contribution < -0.4 is 16.4 Å². The van der Waals surface area contributed by atoms with Gasteiger partial charge in [0.15, 0.2) is 0 Å². The summed E-state index contributed by atoms with van der Waals surface area (Å²) in [7, 11) is 0. The molecule has 0 aliphatic rings. The summed E-state index contributed by atoms with van der Waals surface area (Å²) in [5.41, 5.74) is 5.87. The summed E-state index contributed by atoms with van der Waals surface area (Å²) in [6, 6.07) is 8.27. The van der Waals surface area contributed by atoms with Gasteiger partial charge in [-0.2, -0.15) is 0 Å². The van der Waals surface area contributed by atoms with Gasteiger partial charge in [0.1, 0.15) is 0 Å². The normalized spacial score (nSPS) is 10.8. The lowest BCUT2D eigenvalue weighted by Gasteiger charge is -2.12. The van der Waals surface area contributed by atoms with Crippen molar-refractivity contribution in [3.8, 4) is 0 Å². The van der Waals surface area contributed by atoms with Crippen LogP contribution >= 0.6 is 50.7 Å². The number of carbonyl (C=O) groups excluding carboxylic acids is 1. The average molecular weight is 491 g/mol. The molecule has 0 bridgehead atoms. The van der Waals surface area contributed by atoms with Crippen molar-refractivity contribution in [1.82, 2.24) is 15.0 Å². The van der Waals surface area contributed by atoms with E-state index in [9.17, 15) is 9.59 Å². The van der Waals surface area contributed by atoms with Gasteiger partial charge < -0.3 is 0 Å². The number of aryl methyl sites for hydroxylation is 1. The summed E-state index contributed by atoms with van der Waals surface area (Å²) >= 11 is 21.3. The summed E-state index contributed by atoms with van der Waals surface area (Å²) in [5.74, 6) is -0.349. The van der Waals surface area contributed by atoms with Gasteiger partial charge in [0.05, 0.1) is 33.0 Å². The molecule has 1 aromatic heterocycles. The molecule has 1 amide bonds. The first kappa shape index (κ1) is 19.9. The van der Waals surface area contributed by atoms with Gasteiger partial charge in [0, 0.05) is 22.5 Å². The number of hydrazine groups is 1. The molecule has 0 saturated heterocycles. The molecule has 0 aliphatic carbocycles. The number of benzene rings is 2. The molecular weight excluding hydrogens is 478 g/mol. The molecule has 0 atom stereocenters. The van der Waals surface area contributed by atoms with Crippen molar-refractivity contribution in [2.45, 2.75) is 13.0 Å². The summed E-state index contributed by atoms with van der Waals surface area (Å²) in [6.45, 7) is 0.171. The van der Waals surface area contributed by atoms with Gasteiger partial charge in [-0.25, -0.2) is 4.98 Å². The fourth-order valence-electron chi connectivity index (χ4n) is 2.37. The molecule has 0 aliphatic heterocycles. The van der Waals surface area contributed by atoms with E-state index in [-0.39, 0.29) is 34.5 Å². The third-order valence-electron chi connectivity index (χ3n) is 3.70. The highest BCUT2D eigenvalue weighted by atomic mass is 79.9. The van der Waals surface area contributed by atoms with Gasteiger partial charge in [-0.1, -0.05) is 50.7 Å².